The molecular formula is C21H15BrO4. The van der Waals surface area contributed by atoms with Crippen LogP contribution >= 0.6 is 15.9 Å². The lowest BCUT2D eigenvalue weighted by Gasteiger charge is -2.22. The highest BCUT2D eigenvalue weighted by Gasteiger charge is 2.40. The fraction of sp³-hybridized carbons (Fsp3) is 0.143. The zero-order valence-electron chi connectivity index (χ0n) is 13.8. The molecule has 130 valence electrons. The van der Waals surface area contributed by atoms with Crippen LogP contribution in [0.1, 0.15) is 29.4 Å². The normalized spacial score (nSPS) is 19.3. The second-order valence-corrected chi connectivity index (χ2v) is 7.09. The molecule has 2 bridgehead atoms. The molecule has 4 rings (SSSR count). The van der Waals surface area contributed by atoms with Crippen LogP contribution in [0.15, 0.2) is 60.1 Å². The fourth-order valence-corrected chi connectivity index (χ4v) is 4.38. The quantitative estimate of drug-likeness (QED) is 0.310. The first-order chi connectivity index (χ1) is 12.5. The first-order valence-corrected chi connectivity index (χ1v) is 8.99. The van der Waals surface area contributed by atoms with E-state index in [1.165, 1.54) is 0 Å². The predicted octanol–water partition coefficient (Wildman–Crippen LogP) is 4.93. The number of fused-ring (bicyclic) bond motifs is 6. The Morgan fingerprint density at radius 1 is 1.00 bits per heavy atom. The fourth-order valence-electron chi connectivity index (χ4n) is 3.83. The van der Waals surface area contributed by atoms with Gasteiger partial charge in [0.25, 0.3) is 0 Å². The van der Waals surface area contributed by atoms with Crippen LogP contribution in [0, 0.1) is 0 Å². The van der Waals surface area contributed by atoms with E-state index in [0.717, 1.165) is 34.2 Å². The number of allylic oxidation sites excluding steroid dienone is 2. The first kappa shape index (κ1) is 16.8. The Morgan fingerprint density at radius 2 is 1.58 bits per heavy atom. The molecule has 0 heterocycles. The molecule has 26 heavy (non-hydrogen) atoms. The van der Waals surface area contributed by atoms with Gasteiger partial charge in [0, 0.05) is 50.4 Å². The van der Waals surface area contributed by atoms with Crippen LogP contribution < -0.4 is 9.47 Å². The molecule has 0 aromatic heterocycles. The van der Waals surface area contributed by atoms with Crippen molar-refractivity contribution in [3.8, 4) is 11.5 Å². The number of carbonyl (C=O) groups excluding carboxylic acids is 2. The number of esters is 2. The zero-order valence-corrected chi connectivity index (χ0v) is 15.4. The van der Waals surface area contributed by atoms with E-state index in [0.29, 0.717) is 22.3 Å². The van der Waals surface area contributed by atoms with Gasteiger partial charge in [0.15, 0.2) is 0 Å². The van der Waals surface area contributed by atoms with Gasteiger partial charge in [0.1, 0.15) is 11.5 Å². The van der Waals surface area contributed by atoms with Gasteiger partial charge in [0.2, 0.25) is 0 Å². The van der Waals surface area contributed by atoms with E-state index < -0.39 is 11.9 Å². The number of hydrogen-bond donors (Lipinski definition) is 0. The number of ether oxygens (including phenoxy) is 2. The van der Waals surface area contributed by atoms with Gasteiger partial charge in [-0.3, -0.25) is 0 Å². The maximum Gasteiger partial charge on any atom is 0.335 e. The van der Waals surface area contributed by atoms with Crippen molar-refractivity contribution < 1.29 is 19.1 Å². The van der Waals surface area contributed by atoms with Crippen molar-refractivity contribution in [2.45, 2.75) is 18.3 Å². The van der Waals surface area contributed by atoms with Crippen molar-refractivity contribution in [2.24, 2.45) is 0 Å². The SMILES string of the molecule is C=CC(=O)Oc1c2c(c(OC(=O)C=C)c3c(Br)cccc13)C1C=CC2C1. The minimum Gasteiger partial charge on any atom is -0.422 e. The number of carbonyl (C=O) groups is 2. The summed E-state index contributed by atoms with van der Waals surface area (Å²) in [6.07, 6.45) is 7.39. The van der Waals surface area contributed by atoms with Crippen LogP contribution in [0.3, 0.4) is 0 Å². The van der Waals surface area contributed by atoms with E-state index in [9.17, 15) is 9.59 Å². The minimum absolute atomic E-state index is 0.125. The summed E-state index contributed by atoms with van der Waals surface area (Å²) in [5.41, 5.74) is 1.81. The molecule has 0 spiro atoms. The maximum absolute atomic E-state index is 12.0. The molecule has 0 N–H and O–H groups in total. The summed E-state index contributed by atoms with van der Waals surface area (Å²) in [4.78, 5) is 23.9. The van der Waals surface area contributed by atoms with E-state index in [2.05, 4.69) is 41.2 Å². The van der Waals surface area contributed by atoms with Gasteiger partial charge in [-0.05, 0) is 12.5 Å². The average molecular weight is 411 g/mol. The van der Waals surface area contributed by atoms with Gasteiger partial charge in [-0.1, -0.05) is 53.4 Å². The Bertz CT molecular complexity index is 1020. The lowest BCUT2D eigenvalue weighted by Crippen LogP contribution is -2.11. The third kappa shape index (κ3) is 2.42. The van der Waals surface area contributed by atoms with Crippen LogP contribution in [0.25, 0.3) is 10.8 Å². The summed E-state index contributed by atoms with van der Waals surface area (Å²) in [5, 5.41) is 1.41. The number of benzene rings is 2. The largest absolute Gasteiger partial charge is 0.422 e. The average Bonchev–Trinajstić information content (AvgIpc) is 3.25. The molecule has 5 heteroatoms. The van der Waals surface area contributed by atoms with E-state index in [1.54, 1.807) is 0 Å². The molecule has 0 amide bonds. The summed E-state index contributed by atoms with van der Waals surface area (Å²) in [7, 11) is 0. The van der Waals surface area contributed by atoms with Gasteiger partial charge >= 0.3 is 11.9 Å². The Hall–Kier alpha value is -2.66. The summed E-state index contributed by atoms with van der Waals surface area (Å²) >= 11 is 3.54. The number of hydrogen-bond acceptors (Lipinski definition) is 4. The highest BCUT2D eigenvalue weighted by atomic mass is 79.9. The smallest absolute Gasteiger partial charge is 0.335 e. The van der Waals surface area contributed by atoms with Crippen molar-refractivity contribution in [1.29, 1.82) is 0 Å². The summed E-state index contributed by atoms with van der Waals surface area (Å²) in [6, 6.07) is 5.57. The zero-order chi connectivity index (χ0) is 18.4. The van der Waals surface area contributed by atoms with Crippen molar-refractivity contribution in [3.63, 3.8) is 0 Å². The first-order valence-electron chi connectivity index (χ1n) is 8.20. The molecule has 4 nitrogen and oxygen atoms in total. The van der Waals surface area contributed by atoms with Gasteiger partial charge in [-0.15, -0.1) is 0 Å². The maximum atomic E-state index is 12.0. The van der Waals surface area contributed by atoms with Gasteiger partial charge < -0.3 is 9.47 Å². The van der Waals surface area contributed by atoms with E-state index in [4.69, 9.17) is 9.47 Å². The van der Waals surface area contributed by atoms with Gasteiger partial charge in [-0.2, -0.15) is 0 Å². The lowest BCUT2D eigenvalue weighted by atomic mass is 9.90. The van der Waals surface area contributed by atoms with Crippen LogP contribution in [0.5, 0.6) is 11.5 Å². The Balaban J connectivity index is 2.09. The molecule has 2 aromatic carbocycles. The highest BCUT2D eigenvalue weighted by molar-refractivity contribution is 9.10. The Kier molecular flexibility index (Phi) is 4.04. The van der Waals surface area contributed by atoms with Crippen LogP contribution in [-0.2, 0) is 9.59 Å². The molecule has 0 saturated carbocycles. The molecule has 2 aliphatic carbocycles. The predicted molar refractivity (Wildman–Crippen MR) is 103 cm³/mol. The third-order valence-corrected chi connectivity index (χ3v) is 5.49. The Morgan fingerprint density at radius 3 is 2.19 bits per heavy atom. The van der Waals surface area contributed by atoms with E-state index in [1.807, 2.05) is 18.2 Å². The van der Waals surface area contributed by atoms with E-state index in [-0.39, 0.29) is 11.8 Å². The second-order valence-electron chi connectivity index (χ2n) is 6.23. The topological polar surface area (TPSA) is 52.6 Å². The molecule has 2 aliphatic rings. The lowest BCUT2D eigenvalue weighted by molar-refractivity contribution is -0.130. The number of rotatable bonds is 4. The van der Waals surface area contributed by atoms with Crippen LogP contribution in [-0.4, -0.2) is 11.9 Å². The van der Waals surface area contributed by atoms with Gasteiger partial charge in [-0.25, -0.2) is 9.59 Å². The molecule has 0 saturated heterocycles. The molecule has 2 atom stereocenters. The second kappa shape index (κ2) is 6.25. The van der Waals surface area contributed by atoms with E-state index >= 15 is 0 Å². The minimum atomic E-state index is -0.521. The van der Waals surface area contributed by atoms with Crippen molar-refractivity contribution >= 4 is 38.6 Å². The standard InChI is InChI=1S/C21H15BrO4/c1-3-15(23)25-20-13-6-5-7-14(22)19(13)21(26-16(24)4-2)18-12-9-8-11(10-12)17(18)20/h3-9,11-12H,1-2,10H2. The van der Waals surface area contributed by atoms with Crippen molar-refractivity contribution in [3.05, 3.63) is 71.3 Å². The molecule has 2 unspecified atom stereocenters. The van der Waals surface area contributed by atoms with Crippen LogP contribution in [0.2, 0.25) is 0 Å². The number of halogens is 1. The molecular weight excluding hydrogens is 396 g/mol. The Labute approximate surface area is 158 Å². The third-order valence-electron chi connectivity index (χ3n) is 4.83. The molecule has 2 aromatic rings. The van der Waals surface area contributed by atoms with Gasteiger partial charge in [0.05, 0.1) is 0 Å². The summed E-state index contributed by atoms with van der Waals surface area (Å²) in [5.74, 6) is 0.231. The molecule has 0 fully saturated rings. The highest BCUT2D eigenvalue weighted by Crippen LogP contribution is 2.59. The summed E-state index contributed by atoms with van der Waals surface area (Å²) in [6.45, 7) is 6.97. The van der Waals surface area contributed by atoms with Crippen molar-refractivity contribution in [2.75, 3.05) is 0 Å². The molecule has 0 radical (unpaired) electrons. The van der Waals surface area contributed by atoms with Crippen molar-refractivity contribution in [1.82, 2.24) is 0 Å². The molecule has 0 aliphatic heterocycles. The van der Waals surface area contributed by atoms with Crippen LogP contribution in [0.4, 0.5) is 0 Å². The summed E-state index contributed by atoms with van der Waals surface area (Å²) < 4.78 is 12.1. The monoisotopic (exact) mass is 410 g/mol.